The van der Waals surface area contributed by atoms with Crippen molar-refractivity contribution in [1.29, 1.82) is 0 Å². The van der Waals surface area contributed by atoms with Crippen LogP contribution >= 0.6 is 11.6 Å². The van der Waals surface area contributed by atoms with E-state index in [1.54, 1.807) is 0 Å². The van der Waals surface area contributed by atoms with Crippen molar-refractivity contribution in [1.82, 2.24) is 14.8 Å². The molecule has 2 heterocycles. The highest BCUT2D eigenvalue weighted by Gasteiger charge is 2.50. The molecule has 1 aliphatic carbocycles. The molecule has 0 radical (unpaired) electrons. The zero-order chi connectivity index (χ0) is 20.0. The van der Waals surface area contributed by atoms with Crippen molar-refractivity contribution in [2.45, 2.75) is 18.3 Å². The highest BCUT2D eigenvalue weighted by Crippen LogP contribution is 2.53. The van der Waals surface area contributed by atoms with E-state index >= 15 is 0 Å². The van der Waals surface area contributed by atoms with Crippen LogP contribution in [-0.2, 0) is 17.2 Å². The van der Waals surface area contributed by atoms with Crippen molar-refractivity contribution >= 4 is 17.3 Å². The van der Waals surface area contributed by atoms with E-state index in [0.29, 0.717) is 5.02 Å². The summed E-state index contributed by atoms with van der Waals surface area (Å²) >= 11 is 6.65. The predicted octanol–water partition coefficient (Wildman–Crippen LogP) is 4.19. The quantitative estimate of drug-likeness (QED) is 0.644. The second-order valence-electron chi connectivity index (χ2n) is 7.76. The number of halogens is 2. The van der Waals surface area contributed by atoms with Crippen LogP contribution in [0.1, 0.15) is 24.2 Å². The van der Waals surface area contributed by atoms with Gasteiger partial charge in [0.2, 0.25) is 0 Å². The molecule has 2 fully saturated rings. The molecule has 2 aliphatic rings. The molecule has 1 aliphatic heterocycles. The second-order valence-corrected chi connectivity index (χ2v) is 8.17. The third kappa shape index (κ3) is 3.20. The average molecular weight is 413 g/mol. The third-order valence-electron chi connectivity index (χ3n) is 6.02. The smallest absolute Gasteiger partial charge is 0.165 e. The molecule has 5 nitrogen and oxygen atoms in total. The first kappa shape index (κ1) is 18.6. The van der Waals surface area contributed by atoms with Gasteiger partial charge in [-0.25, -0.2) is 4.39 Å². The molecule has 29 heavy (non-hydrogen) atoms. The van der Waals surface area contributed by atoms with Crippen molar-refractivity contribution in [2.75, 3.05) is 31.2 Å². The molecule has 0 spiro atoms. The number of aromatic nitrogens is 3. The molecule has 1 saturated carbocycles. The molecule has 0 unspecified atom stereocenters. The van der Waals surface area contributed by atoms with E-state index in [1.165, 1.54) is 12.1 Å². The fourth-order valence-corrected chi connectivity index (χ4v) is 4.48. The fraction of sp³-hybridized carbons (Fsp3) is 0.364. The highest BCUT2D eigenvalue weighted by atomic mass is 35.5. The SMILES string of the molecule is Cn1c(-c2ccc(N3CCOCC3)cc2Cl)nnc1C1(c2ccc(F)cc2)CC1. The van der Waals surface area contributed by atoms with Gasteiger partial charge in [-0.2, -0.15) is 0 Å². The van der Waals surface area contributed by atoms with Gasteiger partial charge in [0.05, 0.1) is 23.7 Å². The number of ether oxygens (including phenoxy) is 1. The Kier molecular flexibility index (Phi) is 4.56. The molecule has 0 amide bonds. The summed E-state index contributed by atoms with van der Waals surface area (Å²) in [5, 5.41) is 9.63. The van der Waals surface area contributed by atoms with Crippen LogP contribution in [0.3, 0.4) is 0 Å². The van der Waals surface area contributed by atoms with Crippen molar-refractivity contribution in [3.63, 3.8) is 0 Å². The summed E-state index contributed by atoms with van der Waals surface area (Å²) in [7, 11) is 1.97. The lowest BCUT2D eigenvalue weighted by molar-refractivity contribution is 0.122. The minimum absolute atomic E-state index is 0.187. The van der Waals surface area contributed by atoms with Crippen molar-refractivity contribution in [2.24, 2.45) is 7.05 Å². The first-order valence-corrected chi connectivity index (χ1v) is 10.2. The van der Waals surface area contributed by atoms with Crippen LogP contribution in [-0.4, -0.2) is 41.1 Å². The Balaban J connectivity index is 1.47. The van der Waals surface area contributed by atoms with Crippen molar-refractivity contribution in [3.8, 4) is 11.4 Å². The predicted molar refractivity (Wildman–Crippen MR) is 111 cm³/mol. The van der Waals surface area contributed by atoms with Crippen molar-refractivity contribution in [3.05, 3.63) is 64.7 Å². The van der Waals surface area contributed by atoms with E-state index in [2.05, 4.69) is 21.2 Å². The van der Waals surface area contributed by atoms with Crippen LogP contribution in [0.15, 0.2) is 42.5 Å². The number of hydrogen-bond donors (Lipinski definition) is 0. The van der Waals surface area contributed by atoms with Crippen LogP contribution in [0, 0.1) is 5.82 Å². The summed E-state index contributed by atoms with van der Waals surface area (Å²) in [5.74, 6) is 1.41. The standard InChI is InChI=1S/C22H22ClFN4O/c1-27-20(18-7-6-17(14-19(18)23)28-10-12-29-13-11-28)25-26-21(27)22(8-9-22)15-2-4-16(24)5-3-15/h2-7,14H,8-13H2,1H3. The fourth-order valence-electron chi connectivity index (χ4n) is 4.22. The second kappa shape index (κ2) is 7.11. The van der Waals surface area contributed by atoms with E-state index in [9.17, 15) is 4.39 Å². The molecule has 0 N–H and O–H groups in total. The Labute approximate surface area is 174 Å². The van der Waals surface area contributed by atoms with Crippen LogP contribution < -0.4 is 4.90 Å². The van der Waals surface area contributed by atoms with Gasteiger partial charge in [0.15, 0.2) is 5.82 Å². The van der Waals surface area contributed by atoms with Crippen molar-refractivity contribution < 1.29 is 9.13 Å². The normalized spacial score (nSPS) is 18.1. The lowest BCUT2D eigenvalue weighted by Gasteiger charge is -2.29. The van der Waals surface area contributed by atoms with Gasteiger partial charge in [0.1, 0.15) is 11.6 Å². The van der Waals surface area contributed by atoms with Gasteiger partial charge in [-0.05, 0) is 48.7 Å². The Morgan fingerprint density at radius 1 is 1.03 bits per heavy atom. The van der Waals surface area contributed by atoms with E-state index in [-0.39, 0.29) is 11.2 Å². The molecule has 3 aromatic rings. The minimum atomic E-state index is -0.227. The highest BCUT2D eigenvalue weighted by molar-refractivity contribution is 6.33. The van der Waals surface area contributed by atoms with Gasteiger partial charge in [-0.1, -0.05) is 23.7 Å². The van der Waals surface area contributed by atoms with Gasteiger partial charge in [-0.3, -0.25) is 0 Å². The molecule has 7 heteroatoms. The monoisotopic (exact) mass is 412 g/mol. The molecule has 1 aromatic heterocycles. The number of benzene rings is 2. The number of rotatable bonds is 4. The first-order valence-electron chi connectivity index (χ1n) is 9.87. The van der Waals surface area contributed by atoms with Crippen LogP contribution in [0.25, 0.3) is 11.4 Å². The van der Waals surface area contributed by atoms with Crippen LogP contribution in [0.4, 0.5) is 10.1 Å². The average Bonchev–Trinajstić information content (AvgIpc) is 3.46. The topological polar surface area (TPSA) is 43.2 Å². The third-order valence-corrected chi connectivity index (χ3v) is 6.33. The lowest BCUT2D eigenvalue weighted by atomic mass is 9.95. The Morgan fingerprint density at radius 2 is 1.76 bits per heavy atom. The van der Waals surface area contributed by atoms with E-state index < -0.39 is 0 Å². The Bertz CT molecular complexity index is 1040. The number of nitrogens with zero attached hydrogens (tertiary/aromatic N) is 4. The summed E-state index contributed by atoms with van der Waals surface area (Å²) in [5.41, 5.74) is 2.84. The number of hydrogen-bond acceptors (Lipinski definition) is 4. The Morgan fingerprint density at radius 3 is 2.41 bits per heavy atom. The lowest BCUT2D eigenvalue weighted by Crippen LogP contribution is -2.36. The number of anilines is 1. The molecule has 0 atom stereocenters. The first-order chi connectivity index (χ1) is 14.1. The minimum Gasteiger partial charge on any atom is -0.378 e. The molecule has 1 saturated heterocycles. The summed E-state index contributed by atoms with van der Waals surface area (Å²) < 4.78 is 20.8. The summed E-state index contributed by atoms with van der Waals surface area (Å²) in [6.45, 7) is 3.20. The van der Waals surface area contributed by atoms with Gasteiger partial charge < -0.3 is 14.2 Å². The maximum atomic E-state index is 13.4. The zero-order valence-electron chi connectivity index (χ0n) is 16.2. The zero-order valence-corrected chi connectivity index (χ0v) is 17.0. The number of morpholine rings is 1. The van der Waals surface area contributed by atoms with Crippen LogP contribution in [0.5, 0.6) is 0 Å². The molecule has 2 aromatic carbocycles. The van der Waals surface area contributed by atoms with Gasteiger partial charge in [0.25, 0.3) is 0 Å². The van der Waals surface area contributed by atoms with Gasteiger partial charge >= 0.3 is 0 Å². The molecule has 150 valence electrons. The molecule has 0 bridgehead atoms. The largest absolute Gasteiger partial charge is 0.378 e. The summed E-state index contributed by atoms with van der Waals surface area (Å²) in [6.07, 6.45) is 1.96. The van der Waals surface area contributed by atoms with Gasteiger partial charge in [0, 0.05) is 31.4 Å². The van der Waals surface area contributed by atoms with E-state index in [1.807, 2.05) is 35.9 Å². The molecule has 5 rings (SSSR count). The van der Waals surface area contributed by atoms with E-state index in [0.717, 1.165) is 67.6 Å². The molecular formula is C22H22ClFN4O. The molecular weight excluding hydrogens is 391 g/mol. The van der Waals surface area contributed by atoms with Crippen LogP contribution in [0.2, 0.25) is 5.02 Å². The van der Waals surface area contributed by atoms with E-state index in [4.69, 9.17) is 16.3 Å². The maximum Gasteiger partial charge on any atom is 0.165 e. The van der Waals surface area contributed by atoms with Gasteiger partial charge in [-0.15, -0.1) is 10.2 Å². The summed E-state index contributed by atoms with van der Waals surface area (Å²) in [4.78, 5) is 2.27. The maximum absolute atomic E-state index is 13.4. The Hall–Kier alpha value is -2.44. The summed E-state index contributed by atoms with van der Waals surface area (Å²) in [6, 6.07) is 12.8.